The number of anilines is 1. The molecule has 7 heteroatoms. The van der Waals surface area contributed by atoms with Crippen LogP contribution in [-0.4, -0.2) is 23.4 Å². The van der Waals surface area contributed by atoms with Crippen LogP contribution in [0.3, 0.4) is 0 Å². The van der Waals surface area contributed by atoms with Crippen LogP contribution >= 0.6 is 0 Å². The summed E-state index contributed by atoms with van der Waals surface area (Å²) in [5.41, 5.74) is 2.58. The van der Waals surface area contributed by atoms with E-state index in [1.54, 1.807) is 18.2 Å². The number of rotatable bonds is 5. The number of halogens is 2. The average molecular weight is 418 g/mol. The summed E-state index contributed by atoms with van der Waals surface area (Å²) in [4.78, 5) is 20.2. The number of carbonyl (C=O) groups is 1. The number of benzene rings is 3. The number of nitrogens with zero attached hydrogens (tertiary/aromatic N) is 1. The van der Waals surface area contributed by atoms with Gasteiger partial charge >= 0.3 is 0 Å². The molecule has 1 amide bonds. The monoisotopic (exact) mass is 418 g/mol. The van der Waals surface area contributed by atoms with Crippen LogP contribution in [0.15, 0.2) is 84.0 Å². The van der Waals surface area contributed by atoms with Gasteiger partial charge in [-0.3, -0.25) is 15.1 Å². The Balaban J connectivity index is 1.52. The van der Waals surface area contributed by atoms with Gasteiger partial charge in [0.2, 0.25) is 5.96 Å². The molecule has 1 aromatic heterocycles. The standard InChI is InChI=1S/C24H20F2N4O/c25-18-11-9-16(10-12-18)23(31)30-24(29-22-8-4-2-6-20(22)26)27-14-13-17-15-28-21-7-3-1-5-19(17)21/h1-12,15,28H,13-14H2,(H2,27,29,30,31). The predicted octanol–water partition coefficient (Wildman–Crippen LogP) is 4.89. The van der Waals surface area contributed by atoms with Gasteiger partial charge in [0.25, 0.3) is 5.91 Å². The van der Waals surface area contributed by atoms with Crippen LogP contribution in [0.5, 0.6) is 0 Å². The molecule has 31 heavy (non-hydrogen) atoms. The molecule has 0 atom stereocenters. The smallest absolute Gasteiger partial charge is 0.257 e. The predicted molar refractivity (Wildman–Crippen MR) is 118 cm³/mol. The van der Waals surface area contributed by atoms with Crippen LogP contribution in [0, 0.1) is 11.6 Å². The van der Waals surface area contributed by atoms with Crippen molar-refractivity contribution >= 4 is 28.5 Å². The van der Waals surface area contributed by atoms with Gasteiger partial charge in [0.05, 0.1) is 5.69 Å². The molecule has 156 valence electrons. The normalized spacial score (nSPS) is 11.5. The zero-order valence-corrected chi connectivity index (χ0v) is 16.5. The van der Waals surface area contributed by atoms with Gasteiger partial charge in [0.1, 0.15) is 11.6 Å². The zero-order chi connectivity index (χ0) is 21.6. The van der Waals surface area contributed by atoms with Crippen LogP contribution in [0.1, 0.15) is 15.9 Å². The largest absolute Gasteiger partial charge is 0.361 e. The topological polar surface area (TPSA) is 69.3 Å². The molecule has 3 aromatic carbocycles. The number of aromatic nitrogens is 1. The molecule has 0 aliphatic carbocycles. The summed E-state index contributed by atoms with van der Waals surface area (Å²) in [6, 6.07) is 19.2. The van der Waals surface area contributed by atoms with E-state index in [9.17, 15) is 13.6 Å². The second-order valence-electron chi connectivity index (χ2n) is 6.91. The van der Waals surface area contributed by atoms with Crippen molar-refractivity contribution in [2.75, 3.05) is 11.9 Å². The van der Waals surface area contributed by atoms with Crippen molar-refractivity contribution in [3.8, 4) is 0 Å². The number of aromatic amines is 1. The Kier molecular flexibility index (Phi) is 6.03. The minimum Gasteiger partial charge on any atom is -0.361 e. The third-order valence-electron chi connectivity index (χ3n) is 4.79. The van der Waals surface area contributed by atoms with E-state index >= 15 is 0 Å². The molecule has 4 aromatic rings. The SMILES string of the molecule is O=C(NC(=NCCc1c[nH]c2ccccc12)Nc1ccccc1F)c1ccc(F)cc1. The number of amides is 1. The van der Waals surface area contributed by atoms with Gasteiger partial charge < -0.3 is 10.3 Å². The summed E-state index contributed by atoms with van der Waals surface area (Å²) in [5, 5.41) is 6.59. The fourth-order valence-electron chi connectivity index (χ4n) is 3.21. The number of H-pyrrole nitrogens is 1. The molecule has 0 aliphatic rings. The number of hydrogen-bond acceptors (Lipinski definition) is 2. The lowest BCUT2D eigenvalue weighted by molar-refractivity contribution is 0.0977. The van der Waals surface area contributed by atoms with Crippen molar-refractivity contribution in [1.82, 2.24) is 10.3 Å². The molecule has 0 spiro atoms. The lowest BCUT2D eigenvalue weighted by Gasteiger charge is -2.12. The quantitative estimate of drug-likeness (QED) is 0.319. The number of guanidine groups is 1. The molecule has 4 rings (SSSR count). The number of hydrogen-bond donors (Lipinski definition) is 3. The minimum absolute atomic E-state index is 0.110. The van der Waals surface area contributed by atoms with E-state index in [1.807, 2.05) is 30.5 Å². The maximum absolute atomic E-state index is 14.1. The van der Waals surface area contributed by atoms with E-state index in [0.717, 1.165) is 16.5 Å². The zero-order valence-electron chi connectivity index (χ0n) is 16.5. The molecular formula is C24H20F2N4O. The van der Waals surface area contributed by atoms with E-state index in [1.165, 1.54) is 30.3 Å². The fourth-order valence-corrected chi connectivity index (χ4v) is 3.21. The molecule has 0 radical (unpaired) electrons. The van der Waals surface area contributed by atoms with Crippen molar-refractivity contribution in [3.63, 3.8) is 0 Å². The summed E-state index contributed by atoms with van der Waals surface area (Å²) >= 11 is 0. The molecule has 5 nitrogen and oxygen atoms in total. The van der Waals surface area contributed by atoms with Crippen molar-refractivity contribution < 1.29 is 13.6 Å². The number of para-hydroxylation sites is 2. The van der Waals surface area contributed by atoms with Gasteiger partial charge in [-0.1, -0.05) is 30.3 Å². The Labute approximate surface area is 177 Å². The van der Waals surface area contributed by atoms with Crippen molar-refractivity contribution in [2.24, 2.45) is 4.99 Å². The Morgan fingerprint density at radius 3 is 2.48 bits per heavy atom. The average Bonchev–Trinajstić information content (AvgIpc) is 3.19. The van der Waals surface area contributed by atoms with Gasteiger partial charge in [-0.25, -0.2) is 8.78 Å². The highest BCUT2D eigenvalue weighted by atomic mass is 19.1. The van der Waals surface area contributed by atoms with E-state index < -0.39 is 17.5 Å². The van der Waals surface area contributed by atoms with E-state index in [0.29, 0.717) is 13.0 Å². The van der Waals surface area contributed by atoms with E-state index in [2.05, 4.69) is 20.6 Å². The van der Waals surface area contributed by atoms with Crippen LogP contribution in [0.4, 0.5) is 14.5 Å². The molecule has 0 saturated carbocycles. The Morgan fingerprint density at radius 2 is 1.68 bits per heavy atom. The maximum atomic E-state index is 14.1. The van der Waals surface area contributed by atoms with Crippen molar-refractivity contribution in [3.05, 3.63) is 102 Å². The van der Waals surface area contributed by atoms with Gasteiger partial charge in [0.15, 0.2) is 0 Å². The number of fused-ring (bicyclic) bond motifs is 1. The molecule has 0 fully saturated rings. The lowest BCUT2D eigenvalue weighted by Crippen LogP contribution is -2.36. The highest BCUT2D eigenvalue weighted by Crippen LogP contribution is 2.18. The Hall–Kier alpha value is -4.00. The van der Waals surface area contributed by atoms with Crippen LogP contribution in [0.25, 0.3) is 10.9 Å². The summed E-state index contributed by atoms with van der Waals surface area (Å²) in [6.45, 7) is 0.363. The van der Waals surface area contributed by atoms with Gasteiger partial charge in [-0.05, 0) is 54.4 Å². The fraction of sp³-hybridized carbons (Fsp3) is 0.0833. The van der Waals surface area contributed by atoms with Gasteiger partial charge in [-0.15, -0.1) is 0 Å². The van der Waals surface area contributed by atoms with Crippen molar-refractivity contribution in [1.29, 1.82) is 0 Å². The van der Waals surface area contributed by atoms with E-state index in [-0.39, 0.29) is 17.2 Å². The number of nitrogens with one attached hydrogen (secondary N) is 3. The van der Waals surface area contributed by atoms with Crippen LogP contribution in [-0.2, 0) is 6.42 Å². The molecule has 1 heterocycles. The van der Waals surface area contributed by atoms with Crippen LogP contribution in [0.2, 0.25) is 0 Å². The second-order valence-corrected chi connectivity index (χ2v) is 6.91. The molecular weight excluding hydrogens is 398 g/mol. The first kappa shape index (κ1) is 20.3. The minimum atomic E-state index is -0.477. The first-order valence-corrected chi connectivity index (χ1v) is 9.78. The Morgan fingerprint density at radius 1 is 0.935 bits per heavy atom. The third kappa shape index (κ3) is 4.95. The van der Waals surface area contributed by atoms with E-state index in [4.69, 9.17) is 0 Å². The summed E-state index contributed by atoms with van der Waals surface area (Å²) in [5.74, 6) is -1.27. The molecule has 0 saturated heterocycles. The van der Waals surface area contributed by atoms with Gasteiger partial charge in [0, 0.05) is 29.2 Å². The molecule has 0 unspecified atom stereocenters. The second kappa shape index (κ2) is 9.21. The molecule has 0 bridgehead atoms. The highest BCUT2D eigenvalue weighted by Gasteiger charge is 2.11. The first-order chi connectivity index (χ1) is 15.1. The lowest BCUT2D eigenvalue weighted by atomic mass is 10.1. The van der Waals surface area contributed by atoms with Gasteiger partial charge in [-0.2, -0.15) is 0 Å². The van der Waals surface area contributed by atoms with Crippen molar-refractivity contribution in [2.45, 2.75) is 6.42 Å². The third-order valence-corrected chi connectivity index (χ3v) is 4.79. The number of aliphatic imine (C=N–C) groups is 1. The maximum Gasteiger partial charge on any atom is 0.257 e. The Bertz CT molecular complexity index is 1230. The summed E-state index contributed by atoms with van der Waals surface area (Å²) in [6.07, 6.45) is 2.56. The summed E-state index contributed by atoms with van der Waals surface area (Å²) in [7, 11) is 0. The molecule has 3 N–H and O–H groups in total. The highest BCUT2D eigenvalue weighted by molar-refractivity contribution is 6.10. The summed E-state index contributed by atoms with van der Waals surface area (Å²) < 4.78 is 27.2. The molecule has 0 aliphatic heterocycles. The number of carbonyl (C=O) groups excluding carboxylic acids is 1. The first-order valence-electron chi connectivity index (χ1n) is 9.78. The van der Waals surface area contributed by atoms with Crippen LogP contribution < -0.4 is 10.6 Å².